The molecule has 0 spiro atoms. The van der Waals surface area contributed by atoms with E-state index in [1.807, 2.05) is 54.6 Å². The summed E-state index contributed by atoms with van der Waals surface area (Å²) in [6, 6.07) is 17.7. The summed E-state index contributed by atoms with van der Waals surface area (Å²) in [5.41, 5.74) is 0. The fourth-order valence-corrected chi connectivity index (χ4v) is 3.42. The summed E-state index contributed by atoms with van der Waals surface area (Å²) in [6.45, 7) is 4.67. The van der Waals surface area contributed by atoms with Crippen molar-refractivity contribution in [2.75, 3.05) is 26.2 Å². The van der Waals surface area contributed by atoms with Crippen molar-refractivity contribution in [3.8, 4) is 17.2 Å². The van der Waals surface area contributed by atoms with Crippen LogP contribution in [0.25, 0.3) is 0 Å². The lowest BCUT2D eigenvalue weighted by Gasteiger charge is -2.26. The summed E-state index contributed by atoms with van der Waals surface area (Å²) in [6.07, 6.45) is 9.18. The highest BCUT2D eigenvalue weighted by Crippen LogP contribution is 2.25. The average Bonchev–Trinajstić information content (AvgIpc) is 2.69. The molecule has 1 heterocycles. The van der Waals surface area contributed by atoms with Crippen molar-refractivity contribution in [2.45, 2.75) is 44.9 Å². The van der Waals surface area contributed by atoms with Crippen LogP contribution in [0.15, 0.2) is 54.6 Å². The van der Waals surface area contributed by atoms with Crippen LogP contribution in [0.4, 0.5) is 0 Å². The molecule has 2 aromatic rings. The average molecular weight is 354 g/mol. The minimum Gasteiger partial charge on any atom is -0.493 e. The Labute approximate surface area is 157 Å². The van der Waals surface area contributed by atoms with Crippen LogP contribution in [0.3, 0.4) is 0 Å². The molecule has 3 nitrogen and oxygen atoms in total. The minimum absolute atomic E-state index is 0.776. The van der Waals surface area contributed by atoms with Gasteiger partial charge in [0.05, 0.1) is 6.61 Å². The summed E-state index contributed by atoms with van der Waals surface area (Å²) in [5, 5.41) is 0. The summed E-state index contributed by atoms with van der Waals surface area (Å²) < 4.78 is 11.7. The second-order valence-electron chi connectivity index (χ2n) is 7.05. The molecule has 3 rings (SSSR count). The molecule has 1 fully saturated rings. The van der Waals surface area contributed by atoms with E-state index in [2.05, 4.69) is 4.90 Å². The number of hydrogen-bond donors (Lipinski definition) is 0. The first-order chi connectivity index (χ1) is 12.9. The van der Waals surface area contributed by atoms with Crippen LogP contribution < -0.4 is 9.47 Å². The van der Waals surface area contributed by atoms with Gasteiger partial charge in [0.25, 0.3) is 0 Å². The van der Waals surface area contributed by atoms with Crippen molar-refractivity contribution in [1.82, 2.24) is 4.90 Å². The topological polar surface area (TPSA) is 21.7 Å². The zero-order valence-corrected chi connectivity index (χ0v) is 15.7. The quantitative estimate of drug-likeness (QED) is 0.496. The lowest BCUT2D eigenvalue weighted by molar-refractivity contribution is 0.223. The first-order valence-electron chi connectivity index (χ1n) is 10.1. The van der Waals surface area contributed by atoms with E-state index in [1.54, 1.807) is 0 Å². The van der Waals surface area contributed by atoms with E-state index < -0.39 is 0 Å². The third kappa shape index (κ3) is 6.72. The molecule has 0 radical (unpaired) electrons. The van der Waals surface area contributed by atoms with Gasteiger partial charge in [-0.25, -0.2) is 0 Å². The van der Waals surface area contributed by atoms with Crippen molar-refractivity contribution < 1.29 is 9.47 Å². The van der Waals surface area contributed by atoms with Crippen molar-refractivity contribution in [3.05, 3.63) is 54.6 Å². The summed E-state index contributed by atoms with van der Waals surface area (Å²) in [5.74, 6) is 2.54. The molecule has 0 aromatic heterocycles. The van der Waals surface area contributed by atoms with Gasteiger partial charge < -0.3 is 14.4 Å². The molecule has 0 saturated carbocycles. The van der Waals surface area contributed by atoms with Crippen LogP contribution >= 0.6 is 0 Å². The lowest BCUT2D eigenvalue weighted by Crippen LogP contribution is -2.30. The Morgan fingerprint density at radius 3 is 2.27 bits per heavy atom. The smallest absolute Gasteiger partial charge is 0.131 e. The lowest BCUT2D eigenvalue weighted by atomic mass is 10.1. The molecule has 1 aliphatic heterocycles. The molecule has 1 saturated heterocycles. The highest BCUT2D eigenvalue weighted by Gasteiger charge is 2.08. The highest BCUT2D eigenvalue weighted by atomic mass is 16.5. The molecular formula is C23H31NO2. The zero-order valence-electron chi connectivity index (χ0n) is 15.7. The maximum Gasteiger partial charge on any atom is 0.131 e. The van der Waals surface area contributed by atoms with Crippen LogP contribution in [0.5, 0.6) is 17.2 Å². The van der Waals surface area contributed by atoms with Crippen LogP contribution in [-0.2, 0) is 0 Å². The summed E-state index contributed by atoms with van der Waals surface area (Å²) >= 11 is 0. The number of likely N-dealkylation sites (tertiary alicyclic amines) is 1. The van der Waals surface area contributed by atoms with Gasteiger partial charge in [0.1, 0.15) is 17.2 Å². The van der Waals surface area contributed by atoms with Crippen LogP contribution in [0.2, 0.25) is 0 Å². The van der Waals surface area contributed by atoms with Crippen LogP contribution in [0.1, 0.15) is 44.9 Å². The third-order valence-electron chi connectivity index (χ3n) is 4.87. The maximum atomic E-state index is 5.89. The van der Waals surface area contributed by atoms with Gasteiger partial charge in [-0.05, 0) is 69.6 Å². The van der Waals surface area contributed by atoms with Crippen molar-refractivity contribution in [3.63, 3.8) is 0 Å². The molecule has 0 unspecified atom stereocenters. The first-order valence-corrected chi connectivity index (χ1v) is 10.1. The molecule has 2 aromatic carbocycles. The number of benzene rings is 2. The molecule has 0 amide bonds. The Hall–Kier alpha value is -2.00. The Morgan fingerprint density at radius 1 is 0.692 bits per heavy atom. The predicted octanol–water partition coefficient (Wildman–Crippen LogP) is 5.90. The van der Waals surface area contributed by atoms with Gasteiger partial charge in [-0.15, -0.1) is 0 Å². The third-order valence-corrected chi connectivity index (χ3v) is 4.87. The second kappa shape index (κ2) is 10.9. The van der Waals surface area contributed by atoms with Crippen LogP contribution in [-0.4, -0.2) is 31.1 Å². The van der Waals surface area contributed by atoms with Gasteiger partial charge >= 0.3 is 0 Å². The molecule has 0 N–H and O–H groups in total. The Kier molecular flexibility index (Phi) is 7.85. The number of nitrogens with zero attached hydrogens (tertiary/aromatic N) is 1. The second-order valence-corrected chi connectivity index (χ2v) is 7.05. The normalized spacial score (nSPS) is 14.9. The zero-order chi connectivity index (χ0) is 17.9. The van der Waals surface area contributed by atoms with E-state index in [0.717, 1.165) is 30.3 Å². The number of para-hydroxylation sites is 1. The predicted molar refractivity (Wildman–Crippen MR) is 107 cm³/mol. The SMILES string of the molecule is c1ccc(Oc2cccc(OCCCCCCN3CCCCC3)c2)cc1. The maximum absolute atomic E-state index is 5.89. The molecule has 0 atom stereocenters. The number of ether oxygens (including phenoxy) is 2. The largest absolute Gasteiger partial charge is 0.493 e. The molecule has 0 bridgehead atoms. The van der Waals surface area contributed by atoms with Gasteiger partial charge in [-0.2, -0.15) is 0 Å². The van der Waals surface area contributed by atoms with Gasteiger partial charge in [-0.3, -0.25) is 0 Å². The van der Waals surface area contributed by atoms with Gasteiger partial charge in [0.2, 0.25) is 0 Å². The van der Waals surface area contributed by atoms with E-state index in [4.69, 9.17) is 9.47 Å². The Morgan fingerprint density at radius 2 is 1.42 bits per heavy atom. The molecule has 26 heavy (non-hydrogen) atoms. The van der Waals surface area contributed by atoms with Gasteiger partial charge in [0, 0.05) is 6.07 Å². The van der Waals surface area contributed by atoms with Gasteiger partial charge in [0.15, 0.2) is 0 Å². The minimum atomic E-state index is 0.776. The van der Waals surface area contributed by atoms with Crippen molar-refractivity contribution in [1.29, 1.82) is 0 Å². The monoisotopic (exact) mass is 353 g/mol. The molecule has 140 valence electrons. The first kappa shape index (κ1) is 18.8. The number of unbranched alkanes of at least 4 members (excludes halogenated alkanes) is 3. The molecule has 3 heteroatoms. The molecular weight excluding hydrogens is 322 g/mol. The fourth-order valence-electron chi connectivity index (χ4n) is 3.42. The van der Waals surface area contributed by atoms with Gasteiger partial charge in [-0.1, -0.05) is 43.5 Å². The molecule has 1 aliphatic rings. The van der Waals surface area contributed by atoms with E-state index >= 15 is 0 Å². The number of piperidine rings is 1. The number of hydrogen-bond acceptors (Lipinski definition) is 3. The van der Waals surface area contributed by atoms with Crippen molar-refractivity contribution >= 4 is 0 Å². The summed E-state index contributed by atoms with van der Waals surface area (Å²) in [4.78, 5) is 2.62. The molecule has 0 aliphatic carbocycles. The highest BCUT2D eigenvalue weighted by molar-refractivity contribution is 5.36. The number of rotatable bonds is 10. The Bertz CT molecular complexity index is 623. The Balaban J connectivity index is 1.29. The van der Waals surface area contributed by atoms with E-state index in [1.165, 1.54) is 58.2 Å². The fraction of sp³-hybridized carbons (Fsp3) is 0.478. The summed E-state index contributed by atoms with van der Waals surface area (Å²) in [7, 11) is 0. The van der Waals surface area contributed by atoms with E-state index in [-0.39, 0.29) is 0 Å². The van der Waals surface area contributed by atoms with E-state index in [9.17, 15) is 0 Å². The van der Waals surface area contributed by atoms with Crippen molar-refractivity contribution in [2.24, 2.45) is 0 Å². The standard InChI is InChI=1S/C23H31NO2/c1(7-16-24-17-8-4-9-18-24)2-10-19-25-22-14-11-15-23(20-22)26-21-12-5-3-6-13-21/h3,5-6,11-15,20H,1-2,4,7-10,16-19H2. The van der Waals surface area contributed by atoms with E-state index in [0.29, 0.717) is 0 Å². The van der Waals surface area contributed by atoms with Crippen LogP contribution in [0, 0.1) is 0 Å².